The summed E-state index contributed by atoms with van der Waals surface area (Å²) in [5.41, 5.74) is 17.5. The Labute approximate surface area is 308 Å². The topological polar surface area (TPSA) is 9.86 Å². The molecule has 11 rings (SSSR count). The summed E-state index contributed by atoms with van der Waals surface area (Å²) >= 11 is 0. The quantitative estimate of drug-likeness (QED) is 0.176. The molecule has 53 heavy (non-hydrogen) atoms. The number of aromatic nitrogens is 2. The fourth-order valence-electron chi connectivity index (χ4n) is 9.15. The number of fused-ring (bicyclic) bond motifs is 9. The van der Waals surface area contributed by atoms with E-state index in [2.05, 4.69) is 205 Å². The van der Waals surface area contributed by atoms with E-state index in [0.29, 0.717) is 0 Å². The average molecular weight is 677 g/mol. The first kappa shape index (κ1) is 30.0. The van der Waals surface area contributed by atoms with E-state index in [4.69, 9.17) is 0 Å². The fourth-order valence-corrected chi connectivity index (χ4v) is 9.15. The highest BCUT2D eigenvalue weighted by molar-refractivity contribution is 6.12. The third kappa shape index (κ3) is 4.39. The van der Waals surface area contributed by atoms with Crippen LogP contribution in [0.5, 0.6) is 0 Å². The zero-order valence-electron chi connectivity index (χ0n) is 29.7. The molecule has 10 aromatic rings. The maximum Gasteiger partial charge on any atom is 0.0541 e. The molecule has 0 amide bonds. The van der Waals surface area contributed by atoms with Gasteiger partial charge >= 0.3 is 0 Å². The van der Waals surface area contributed by atoms with Crippen molar-refractivity contribution in [1.82, 2.24) is 9.13 Å². The second-order valence-electron chi connectivity index (χ2n) is 15.0. The van der Waals surface area contributed by atoms with E-state index >= 15 is 0 Å². The normalized spacial score (nSPS) is 13.2. The molecule has 0 saturated carbocycles. The SMILES string of the molecule is CC1(C)c2ccccc2-c2ccc(-n3c4ccccc4c4cc(-c5ccc6c(c5)c5ccccc5n6-c5cccc(-c6ccccc6)c5)ccc43)cc21. The molecule has 0 unspecified atom stereocenters. The van der Waals surface area contributed by atoms with Crippen LogP contribution in [0.25, 0.3) is 88.4 Å². The van der Waals surface area contributed by atoms with Gasteiger partial charge in [0.2, 0.25) is 0 Å². The Morgan fingerprint density at radius 3 is 1.51 bits per heavy atom. The van der Waals surface area contributed by atoms with Crippen LogP contribution >= 0.6 is 0 Å². The lowest BCUT2D eigenvalue weighted by molar-refractivity contribution is 0.660. The number of hydrogen-bond acceptors (Lipinski definition) is 0. The monoisotopic (exact) mass is 676 g/mol. The van der Waals surface area contributed by atoms with Gasteiger partial charge in [0.1, 0.15) is 0 Å². The molecule has 1 aliphatic rings. The minimum Gasteiger partial charge on any atom is -0.309 e. The van der Waals surface area contributed by atoms with Crippen molar-refractivity contribution in [3.63, 3.8) is 0 Å². The third-order valence-electron chi connectivity index (χ3n) is 11.7. The van der Waals surface area contributed by atoms with Crippen LogP contribution in [0.15, 0.2) is 182 Å². The molecule has 0 N–H and O–H groups in total. The lowest BCUT2D eigenvalue weighted by Crippen LogP contribution is -2.15. The Morgan fingerprint density at radius 1 is 0.321 bits per heavy atom. The summed E-state index contributed by atoms with van der Waals surface area (Å²) in [7, 11) is 0. The molecule has 0 spiro atoms. The fraction of sp³-hybridized carbons (Fsp3) is 0.0588. The Balaban J connectivity index is 1.06. The van der Waals surface area contributed by atoms with Crippen LogP contribution < -0.4 is 0 Å². The van der Waals surface area contributed by atoms with Crippen LogP contribution in [0.3, 0.4) is 0 Å². The van der Waals surface area contributed by atoms with Crippen molar-refractivity contribution in [2.24, 2.45) is 0 Å². The molecule has 250 valence electrons. The van der Waals surface area contributed by atoms with Crippen LogP contribution in [0.1, 0.15) is 25.0 Å². The van der Waals surface area contributed by atoms with E-state index in [1.807, 2.05) is 0 Å². The molecule has 0 saturated heterocycles. The summed E-state index contributed by atoms with van der Waals surface area (Å²) in [6, 6.07) is 67.1. The zero-order chi connectivity index (χ0) is 35.3. The number of benzene rings is 8. The first-order chi connectivity index (χ1) is 26.0. The predicted molar refractivity (Wildman–Crippen MR) is 224 cm³/mol. The van der Waals surface area contributed by atoms with Gasteiger partial charge in [-0.25, -0.2) is 0 Å². The van der Waals surface area contributed by atoms with E-state index < -0.39 is 0 Å². The minimum atomic E-state index is -0.0552. The molecular formula is C51H36N2. The van der Waals surface area contributed by atoms with Crippen LogP contribution in [-0.4, -0.2) is 9.13 Å². The van der Waals surface area contributed by atoms with E-state index in [1.54, 1.807) is 0 Å². The highest BCUT2D eigenvalue weighted by atomic mass is 15.0. The van der Waals surface area contributed by atoms with E-state index in [0.717, 1.165) is 0 Å². The number of rotatable bonds is 4. The molecule has 0 bridgehead atoms. The van der Waals surface area contributed by atoms with Crippen LogP contribution in [0.4, 0.5) is 0 Å². The summed E-state index contributed by atoms with van der Waals surface area (Å²) in [6.07, 6.45) is 0. The van der Waals surface area contributed by atoms with Crippen molar-refractivity contribution in [3.05, 3.63) is 193 Å². The van der Waals surface area contributed by atoms with Crippen molar-refractivity contribution in [2.45, 2.75) is 19.3 Å². The molecule has 2 heterocycles. The smallest absolute Gasteiger partial charge is 0.0541 e. The summed E-state index contributed by atoms with van der Waals surface area (Å²) in [6.45, 7) is 4.71. The van der Waals surface area contributed by atoms with E-state index in [9.17, 15) is 0 Å². The van der Waals surface area contributed by atoms with Crippen molar-refractivity contribution >= 4 is 43.6 Å². The second kappa shape index (κ2) is 11.2. The van der Waals surface area contributed by atoms with Crippen LogP contribution in [-0.2, 0) is 5.41 Å². The van der Waals surface area contributed by atoms with Crippen molar-refractivity contribution in [2.75, 3.05) is 0 Å². The average Bonchev–Trinajstić information content (AvgIpc) is 3.81. The Kier molecular flexibility index (Phi) is 6.33. The van der Waals surface area contributed by atoms with Crippen LogP contribution in [0.2, 0.25) is 0 Å². The van der Waals surface area contributed by atoms with Gasteiger partial charge in [-0.1, -0.05) is 135 Å². The van der Waals surface area contributed by atoms with Gasteiger partial charge in [-0.05, 0) is 105 Å². The Bertz CT molecular complexity index is 3080. The molecular weight excluding hydrogens is 641 g/mol. The molecule has 0 atom stereocenters. The molecule has 8 aromatic carbocycles. The number of para-hydroxylation sites is 2. The van der Waals surface area contributed by atoms with E-state index in [1.165, 1.54) is 99.5 Å². The minimum absolute atomic E-state index is 0.0552. The molecule has 0 aliphatic heterocycles. The third-order valence-corrected chi connectivity index (χ3v) is 11.7. The molecule has 0 fully saturated rings. The van der Waals surface area contributed by atoms with Gasteiger partial charge in [0, 0.05) is 38.3 Å². The lowest BCUT2D eigenvalue weighted by Gasteiger charge is -2.22. The molecule has 2 heteroatoms. The van der Waals surface area contributed by atoms with Gasteiger partial charge < -0.3 is 9.13 Å². The predicted octanol–water partition coefficient (Wildman–Crippen LogP) is 13.5. The highest BCUT2D eigenvalue weighted by Gasteiger charge is 2.35. The maximum absolute atomic E-state index is 2.45. The standard InChI is InChI=1S/C51H36N2/c1-51(2)45-20-9-6-17-39(45)40-26-25-38(32-46(40)51)53-48-22-11-8-19-42(48)44-31-36(24-28-50(44)53)35-23-27-49-43(30-35)41-18-7-10-21-47(41)52(49)37-16-12-15-34(29-37)33-13-4-3-5-14-33/h3-32H,1-2H3. The molecule has 1 aliphatic carbocycles. The molecule has 2 aromatic heterocycles. The zero-order valence-corrected chi connectivity index (χ0v) is 29.7. The summed E-state index contributed by atoms with van der Waals surface area (Å²) in [5, 5.41) is 5.05. The number of hydrogen-bond donors (Lipinski definition) is 0. The highest BCUT2D eigenvalue weighted by Crippen LogP contribution is 2.49. The second-order valence-corrected chi connectivity index (χ2v) is 15.0. The van der Waals surface area contributed by atoms with Gasteiger partial charge in [0.05, 0.1) is 22.1 Å². The largest absolute Gasteiger partial charge is 0.309 e. The molecule has 2 nitrogen and oxygen atoms in total. The first-order valence-corrected chi connectivity index (χ1v) is 18.5. The van der Waals surface area contributed by atoms with Gasteiger partial charge in [-0.15, -0.1) is 0 Å². The van der Waals surface area contributed by atoms with Gasteiger partial charge in [-0.2, -0.15) is 0 Å². The van der Waals surface area contributed by atoms with Gasteiger partial charge in [0.25, 0.3) is 0 Å². The Morgan fingerprint density at radius 2 is 0.830 bits per heavy atom. The van der Waals surface area contributed by atoms with Crippen molar-refractivity contribution < 1.29 is 0 Å². The first-order valence-electron chi connectivity index (χ1n) is 18.5. The maximum atomic E-state index is 2.45. The molecule has 0 radical (unpaired) electrons. The van der Waals surface area contributed by atoms with Crippen molar-refractivity contribution in [1.29, 1.82) is 0 Å². The van der Waals surface area contributed by atoms with Gasteiger partial charge in [-0.3, -0.25) is 0 Å². The lowest BCUT2D eigenvalue weighted by atomic mass is 9.82. The summed E-state index contributed by atoms with van der Waals surface area (Å²) in [5.74, 6) is 0. The summed E-state index contributed by atoms with van der Waals surface area (Å²) in [4.78, 5) is 0. The van der Waals surface area contributed by atoms with Crippen LogP contribution in [0, 0.1) is 0 Å². The summed E-state index contributed by atoms with van der Waals surface area (Å²) < 4.78 is 4.86. The number of nitrogens with zero attached hydrogens (tertiary/aromatic N) is 2. The Hall–Kier alpha value is -6.64. The van der Waals surface area contributed by atoms with Crippen molar-refractivity contribution in [3.8, 4) is 44.8 Å². The van der Waals surface area contributed by atoms with Gasteiger partial charge in [0.15, 0.2) is 0 Å². The van der Waals surface area contributed by atoms with E-state index in [-0.39, 0.29) is 5.41 Å².